The van der Waals surface area contributed by atoms with Gasteiger partial charge in [-0.15, -0.1) is 0 Å². The number of amides is 1. The summed E-state index contributed by atoms with van der Waals surface area (Å²) in [5.74, 6) is 0.0273. The van der Waals surface area contributed by atoms with Crippen molar-refractivity contribution in [1.82, 2.24) is 29.3 Å². The molecule has 2 aromatic heterocycles. The molecular formula is C22H26N6O4. The van der Waals surface area contributed by atoms with Gasteiger partial charge in [0, 0.05) is 45.0 Å². The van der Waals surface area contributed by atoms with Crippen LogP contribution in [0.5, 0.6) is 0 Å². The molecule has 32 heavy (non-hydrogen) atoms. The van der Waals surface area contributed by atoms with Crippen molar-refractivity contribution < 1.29 is 9.53 Å². The third kappa shape index (κ3) is 4.61. The second-order valence-corrected chi connectivity index (χ2v) is 7.83. The van der Waals surface area contributed by atoms with Crippen molar-refractivity contribution in [2.75, 3.05) is 39.4 Å². The van der Waals surface area contributed by atoms with Crippen LogP contribution in [0.4, 0.5) is 0 Å². The standard InChI is InChI=1S/C22H26N6O4/c1-15-3-5-16(6-4-15)19-24-13-17-20(25-19)26(2)22(31)28(21(17)30)14-18(29)23-7-8-27-9-11-32-12-10-27/h3-6,13H,7-12,14H2,1-2H3,(H,23,29). The number of aromatic nitrogens is 4. The van der Waals surface area contributed by atoms with E-state index in [1.165, 1.54) is 17.8 Å². The first-order valence-corrected chi connectivity index (χ1v) is 10.5. The van der Waals surface area contributed by atoms with E-state index in [0.717, 1.165) is 28.8 Å². The Morgan fingerprint density at radius 2 is 1.88 bits per heavy atom. The minimum absolute atomic E-state index is 0.184. The van der Waals surface area contributed by atoms with Gasteiger partial charge in [-0.3, -0.25) is 23.6 Å². The van der Waals surface area contributed by atoms with Crippen LogP contribution < -0.4 is 16.6 Å². The van der Waals surface area contributed by atoms with E-state index in [1.54, 1.807) is 0 Å². The molecule has 0 unspecified atom stereocenters. The monoisotopic (exact) mass is 438 g/mol. The molecule has 1 aromatic carbocycles. The Bertz CT molecular complexity index is 1240. The zero-order valence-electron chi connectivity index (χ0n) is 18.2. The first-order chi connectivity index (χ1) is 15.4. The maximum absolute atomic E-state index is 12.9. The highest BCUT2D eigenvalue weighted by Crippen LogP contribution is 2.16. The molecular weight excluding hydrogens is 412 g/mol. The Morgan fingerprint density at radius 1 is 1.16 bits per heavy atom. The zero-order valence-corrected chi connectivity index (χ0v) is 18.2. The van der Waals surface area contributed by atoms with E-state index in [0.29, 0.717) is 32.1 Å². The van der Waals surface area contributed by atoms with E-state index in [9.17, 15) is 14.4 Å². The highest BCUT2D eigenvalue weighted by Gasteiger charge is 2.17. The predicted molar refractivity (Wildman–Crippen MR) is 119 cm³/mol. The zero-order chi connectivity index (χ0) is 22.7. The van der Waals surface area contributed by atoms with Crippen LogP contribution in [-0.4, -0.2) is 69.3 Å². The summed E-state index contributed by atoms with van der Waals surface area (Å²) < 4.78 is 7.49. The fourth-order valence-corrected chi connectivity index (χ4v) is 3.64. The highest BCUT2D eigenvalue weighted by molar-refractivity contribution is 5.78. The topological polar surface area (TPSA) is 111 Å². The van der Waals surface area contributed by atoms with E-state index in [2.05, 4.69) is 20.2 Å². The molecule has 3 aromatic rings. The normalized spacial score (nSPS) is 14.6. The molecule has 1 aliphatic heterocycles. The summed E-state index contributed by atoms with van der Waals surface area (Å²) in [6.45, 7) is 5.77. The lowest BCUT2D eigenvalue weighted by molar-refractivity contribution is -0.121. The molecule has 10 nitrogen and oxygen atoms in total. The third-order valence-corrected chi connectivity index (χ3v) is 5.55. The van der Waals surface area contributed by atoms with Crippen molar-refractivity contribution in [3.63, 3.8) is 0 Å². The summed E-state index contributed by atoms with van der Waals surface area (Å²) in [6.07, 6.45) is 1.41. The van der Waals surface area contributed by atoms with Gasteiger partial charge in [0.15, 0.2) is 11.5 Å². The number of carbonyl (C=O) groups is 1. The van der Waals surface area contributed by atoms with Gasteiger partial charge in [0.25, 0.3) is 5.56 Å². The van der Waals surface area contributed by atoms with Gasteiger partial charge in [-0.1, -0.05) is 29.8 Å². The van der Waals surface area contributed by atoms with Gasteiger partial charge in [-0.05, 0) is 6.92 Å². The van der Waals surface area contributed by atoms with Crippen molar-refractivity contribution in [1.29, 1.82) is 0 Å². The molecule has 168 valence electrons. The summed E-state index contributed by atoms with van der Waals surface area (Å²) in [5, 5.41) is 2.96. The quantitative estimate of drug-likeness (QED) is 0.573. The molecule has 1 aliphatic rings. The van der Waals surface area contributed by atoms with E-state index >= 15 is 0 Å². The van der Waals surface area contributed by atoms with Gasteiger partial charge in [0.2, 0.25) is 5.91 Å². The number of benzene rings is 1. The maximum Gasteiger partial charge on any atom is 0.332 e. The van der Waals surface area contributed by atoms with Crippen molar-refractivity contribution in [2.45, 2.75) is 13.5 Å². The number of ether oxygens (including phenoxy) is 1. The minimum atomic E-state index is -0.598. The van der Waals surface area contributed by atoms with Crippen molar-refractivity contribution in [2.24, 2.45) is 7.05 Å². The van der Waals surface area contributed by atoms with Crippen LogP contribution in [0.1, 0.15) is 5.56 Å². The lowest BCUT2D eigenvalue weighted by Crippen LogP contribution is -2.45. The fraction of sp³-hybridized carbons (Fsp3) is 0.409. The molecule has 1 N–H and O–H groups in total. The number of hydrogen-bond donors (Lipinski definition) is 1. The van der Waals surface area contributed by atoms with E-state index < -0.39 is 17.2 Å². The van der Waals surface area contributed by atoms with Gasteiger partial charge in [0.1, 0.15) is 11.9 Å². The van der Waals surface area contributed by atoms with E-state index in [4.69, 9.17) is 4.74 Å². The van der Waals surface area contributed by atoms with Crippen LogP contribution in [0.3, 0.4) is 0 Å². The number of nitrogens with one attached hydrogen (secondary N) is 1. The molecule has 0 bridgehead atoms. The van der Waals surface area contributed by atoms with Crippen molar-refractivity contribution in [3.8, 4) is 11.4 Å². The Morgan fingerprint density at radius 3 is 2.59 bits per heavy atom. The van der Waals surface area contributed by atoms with Crippen LogP contribution in [0.25, 0.3) is 22.4 Å². The smallest absolute Gasteiger partial charge is 0.332 e. The second-order valence-electron chi connectivity index (χ2n) is 7.83. The van der Waals surface area contributed by atoms with Crippen molar-refractivity contribution >= 4 is 16.9 Å². The lowest BCUT2D eigenvalue weighted by Gasteiger charge is -2.26. The second kappa shape index (κ2) is 9.41. The van der Waals surface area contributed by atoms with Gasteiger partial charge >= 0.3 is 5.69 Å². The molecule has 0 spiro atoms. The molecule has 0 aliphatic carbocycles. The Kier molecular flexibility index (Phi) is 6.42. The molecule has 3 heterocycles. The van der Waals surface area contributed by atoms with Crippen LogP contribution >= 0.6 is 0 Å². The number of carbonyl (C=O) groups excluding carboxylic acids is 1. The van der Waals surface area contributed by atoms with Gasteiger partial charge in [0.05, 0.1) is 13.2 Å². The first kappa shape index (κ1) is 21.8. The molecule has 0 atom stereocenters. The highest BCUT2D eigenvalue weighted by atomic mass is 16.5. The van der Waals surface area contributed by atoms with Crippen LogP contribution in [0.15, 0.2) is 40.1 Å². The molecule has 10 heteroatoms. The molecule has 1 fully saturated rings. The van der Waals surface area contributed by atoms with Gasteiger partial charge in [-0.2, -0.15) is 0 Å². The fourth-order valence-electron chi connectivity index (χ4n) is 3.64. The SMILES string of the molecule is Cc1ccc(-c2ncc3c(=O)n(CC(=O)NCCN4CCOCC4)c(=O)n(C)c3n2)cc1. The number of nitrogens with zero attached hydrogens (tertiary/aromatic N) is 5. The Balaban J connectivity index is 1.54. The van der Waals surface area contributed by atoms with E-state index in [1.807, 2.05) is 31.2 Å². The average Bonchev–Trinajstić information content (AvgIpc) is 2.81. The first-order valence-electron chi connectivity index (χ1n) is 10.5. The Hall–Kier alpha value is -3.37. The number of rotatable bonds is 6. The molecule has 0 radical (unpaired) electrons. The number of hydrogen-bond acceptors (Lipinski definition) is 7. The van der Waals surface area contributed by atoms with Crippen LogP contribution in [0.2, 0.25) is 0 Å². The third-order valence-electron chi connectivity index (χ3n) is 5.55. The van der Waals surface area contributed by atoms with Crippen molar-refractivity contribution in [3.05, 3.63) is 56.9 Å². The Labute approximate surface area is 184 Å². The number of morpholine rings is 1. The molecule has 1 amide bonds. The summed E-state index contributed by atoms with van der Waals surface area (Å²) in [6, 6.07) is 7.66. The van der Waals surface area contributed by atoms with Crippen LogP contribution in [0, 0.1) is 6.92 Å². The number of fused-ring (bicyclic) bond motifs is 1. The number of aryl methyl sites for hydroxylation is 2. The maximum atomic E-state index is 12.9. The summed E-state index contributed by atoms with van der Waals surface area (Å²) in [7, 11) is 1.53. The lowest BCUT2D eigenvalue weighted by atomic mass is 10.1. The van der Waals surface area contributed by atoms with Crippen LogP contribution in [-0.2, 0) is 23.1 Å². The van der Waals surface area contributed by atoms with Gasteiger partial charge < -0.3 is 10.1 Å². The largest absolute Gasteiger partial charge is 0.379 e. The van der Waals surface area contributed by atoms with E-state index in [-0.39, 0.29) is 17.6 Å². The summed E-state index contributed by atoms with van der Waals surface area (Å²) >= 11 is 0. The summed E-state index contributed by atoms with van der Waals surface area (Å²) in [4.78, 5) is 49.0. The van der Waals surface area contributed by atoms with Gasteiger partial charge in [-0.25, -0.2) is 14.8 Å². The average molecular weight is 438 g/mol. The minimum Gasteiger partial charge on any atom is -0.379 e. The predicted octanol–water partition coefficient (Wildman–Crippen LogP) is -0.0860. The molecule has 0 saturated carbocycles. The molecule has 4 rings (SSSR count). The molecule has 1 saturated heterocycles. The summed E-state index contributed by atoms with van der Waals surface area (Å²) in [5.41, 5.74) is 0.942.